The molecule has 0 atom stereocenters. The maximum absolute atomic E-state index is 8.96. The summed E-state index contributed by atoms with van der Waals surface area (Å²) in [5, 5.41) is 12.4. The maximum atomic E-state index is 8.96. The molecule has 1 heterocycles. The van der Waals surface area contributed by atoms with Crippen molar-refractivity contribution in [3.05, 3.63) is 18.2 Å². The van der Waals surface area contributed by atoms with Gasteiger partial charge in [-0.05, 0) is 18.3 Å². The van der Waals surface area contributed by atoms with Gasteiger partial charge in [0, 0.05) is 32.4 Å². The summed E-state index contributed by atoms with van der Waals surface area (Å²) in [6.07, 6.45) is 5.76. The fourth-order valence-corrected chi connectivity index (χ4v) is 1.86. The van der Waals surface area contributed by atoms with Gasteiger partial charge in [-0.25, -0.2) is 4.98 Å². The lowest BCUT2D eigenvalue weighted by atomic mass is 9.90. The topological polar surface area (TPSA) is 50.1 Å². The van der Waals surface area contributed by atoms with Crippen LogP contribution in [-0.2, 0) is 13.1 Å². The summed E-state index contributed by atoms with van der Waals surface area (Å²) in [5.41, 5.74) is 1.37. The molecule has 0 spiro atoms. The largest absolute Gasteiger partial charge is 0.396 e. The van der Waals surface area contributed by atoms with E-state index in [0.29, 0.717) is 0 Å². The highest BCUT2D eigenvalue weighted by molar-refractivity contribution is 4.98. The molecule has 0 aliphatic rings. The first-order valence-electron chi connectivity index (χ1n) is 6.39. The van der Waals surface area contributed by atoms with Gasteiger partial charge in [0.25, 0.3) is 0 Å². The molecule has 1 aromatic rings. The average molecular weight is 239 g/mol. The Hall–Kier alpha value is -0.870. The predicted octanol–water partition coefficient (Wildman–Crippen LogP) is 1.79. The number of aryl methyl sites for hydroxylation is 1. The van der Waals surface area contributed by atoms with Crippen LogP contribution in [0.1, 0.15) is 39.3 Å². The highest BCUT2D eigenvalue weighted by atomic mass is 16.3. The monoisotopic (exact) mass is 239 g/mol. The summed E-state index contributed by atoms with van der Waals surface area (Å²) in [7, 11) is 0. The first kappa shape index (κ1) is 14.2. The van der Waals surface area contributed by atoms with Crippen LogP contribution in [0.5, 0.6) is 0 Å². The quantitative estimate of drug-likeness (QED) is 0.727. The fourth-order valence-electron chi connectivity index (χ4n) is 1.86. The third-order valence-corrected chi connectivity index (χ3v) is 2.96. The Morgan fingerprint density at radius 2 is 2.24 bits per heavy atom. The van der Waals surface area contributed by atoms with E-state index in [2.05, 4.69) is 35.6 Å². The van der Waals surface area contributed by atoms with E-state index in [0.717, 1.165) is 32.5 Å². The molecule has 0 aromatic carbocycles. The van der Waals surface area contributed by atoms with Crippen LogP contribution >= 0.6 is 0 Å². The van der Waals surface area contributed by atoms with Crippen molar-refractivity contribution in [1.82, 2.24) is 14.9 Å². The summed E-state index contributed by atoms with van der Waals surface area (Å²) < 4.78 is 2.19. The van der Waals surface area contributed by atoms with E-state index >= 15 is 0 Å². The SMILES string of the molecule is CCCn1cncc1CNCC(C)(C)CCO. The molecule has 1 rings (SSSR count). The van der Waals surface area contributed by atoms with Crippen LogP contribution in [0.15, 0.2) is 12.5 Å². The zero-order valence-corrected chi connectivity index (χ0v) is 11.2. The van der Waals surface area contributed by atoms with E-state index in [1.54, 1.807) is 0 Å². The molecule has 0 bridgehead atoms. The highest BCUT2D eigenvalue weighted by Crippen LogP contribution is 2.18. The van der Waals surface area contributed by atoms with E-state index in [1.165, 1.54) is 5.69 Å². The van der Waals surface area contributed by atoms with Crippen molar-refractivity contribution in [1.29, 1.82) is 0 Å². The zero-order chi connectivity index (χ0) is 12.7. The van der Waals surface area contributed by atoms with Crippen molar-refractivity contribution in [2.75, 3.05) is 13.2 Å². The first-order chi connectivity index (χ1) is 8.09. The Kier molecular flexibility index (Phi) is 5.65. The summed E-state index contributed by atoms with van der Waals surface area (Å²) >= 11 is 0. The van der Waals surface area contributed by atoms with Crippen molar-refractivity contribution in [3.63, 3.8) is 0 Å². The first-order valence-corrected chi connectivity index (χ1v) is 6.39. The van der Waals surface area contributed by atoms with Gasteiger partial charge >= 0.3 is 0 Å². The minimum atomic E-state index is 0.143. The van der Waals surface area contributed by atoms with Crippen LogP contribution in [0.2, 0.25) is 0 Å². The standard InChI is InChI=1S/C13H25N3O/c1-4-6-16-11-15-9-12(16)8-14-10-13(2,3)5-7-17/h9,11,14,17H,4-8,10H2,1-3H3. The number of hydrogen-bond donors (Lipinski definition) is 2. The molecule has 4 heteroatoms. The number of imidazole rings is 1. The second-order valence-electron chi connectivity index (χ2n) is 5.32. The maximum Gasteiger partial charge on any atom is 0.0948 e. The average Bonchev–Trinajstić information content (AvgIpc) is 2.66. The van der Waals surface area contributed by atoms with Crippen LogP contribution in [0.4, 0.5) is 0 Å². The summed E-state index contributed by atoms with van der Waals surface area (Å²) in [5.74, 6) is 0. The molecule has 1 aromatic heterocycles. The van der Waals surface area contributed by atoms with Gasteiger partial charge in [-0.15, -0.1) is 0 Å². The Morgan fingerprint density at radius 3 is 2.88 bits per heavy atom. The van der Waals surface area contributed by atoms with E-state index in [4.69, 9.17) is 5.11 Å². The number of aliphatic hydroxyl groups excluding tert-OH is 1. The third kappa shape index (κ3) is 4.88. The molecule has 0 saturated heterocycles. The van der Waals surface area contributed by atoms with Gasteiger partial charge < -0.3 is 15.0 Å². The lowest BCUT2D eigenvalue weighted by Gasteiger charge is -2.24. The molecule has 0 aliphatic carbocycles. The second kappa shape index (κ2) is 6.77. The van der Waals surface area contributed by atoms with Crippen molar-refractivity contribution in [2.24, 2.45) is 5.41 Å². The third-order valence-electron chi connectivity index (χ3n) is 2.96. The highest BCUT2D eigenvalue weighted by Gasteiger charge is 2.16. The number of hydrogen-bond acceptors (Lipinski definition) is 3. The molecular weight excluding hydrogens is 214 g/mol. The van der Waals surface area contributed by atoms with Crippen molar-refractivity contribution in [3.8, 4) is 0 Å². The van der Waals surface area contributed by atoms with Crippen LogP contribution in [0, 0.1) is 5.41 Å². The van der Waals surface area contributed by atoms with E-state index < -0.39 is 0 Å². The number of aliphatic hydroxyl groups is 1. The van der Waals surface area contributed by atoms with Crippen molar-refractivity contribution in [2.45, 2.75) is 46.7 Å². The molecule has 0 fully saturated rings. The van der Waals surface area contributed by atoms with E-state index in [-0.39, 0.29) is 12.0 Å². The van der Waals surface area contributed by atoms with E-state index in [9.17, 15) is 0 Å². The smallest absolute Gasteiger partial charge is 0.0948 e. The Morgan fingerprint density at radius 1 is 1.47 bits per heavy atom. The number of rotatable bonds is 8. The van der Waals surface area contributed by atoms with Gasteiger partial charge in [-0.3, -0.25) is 0 Å². The van der Waals surface area contributed by atoms with Gasteiger partial charge in [0.05, 0.1) is 12.0 Å². The Bertz CT molecular complexity index is 320. The second-order valence-corrected chi connectivity index (χ2v) is 5.32. The normalized spacial score (nSPS) is 12.0. The number of nitrogens with zero attached hydrogens (tertiary/aromatic N) is 2. The van der Waals surface area contributed by atoms with Crippen LogP contribution in [0.25, 0.3) is 0 Å². The van der Waals surface area contributed by atoms with Crippen LogP contribution in [-0.4, -0.2) is 27.8 Å². The Labute approximate surface area is 104 Å². The molecule has 98 valence electrons. The molecular formula is C13H25N3O. The number of nitrogens with one attached hydrogen (secondary N) is 1. The molecule has 17 heavy (non-hydrogen) atoms. The molecule has 0 amide bonds. The molecule has 4 nitrogen and oxygen atoms in total. The fraction of sp³-hybridized carbons (Fsp3) is 0.769. The van der Waals surface area contributed by atoms with Gasteiger partial charge in [0.15, 0.2) is 0 Å². The molecule has 0 saturated carbocycles. The van der Waals surface area contributed by atoms with Crippen LogP contribution in [0.3, 0.4) is 0 Å². The Balaban J connectivity index is 2.37. The molecule has 2 N–H and O–H groups in total. The zero-order valence-electron chi connectivity index (χ0n) is 11.2. The van der Waals surface area contributed by atoms with Gasteiger partial charge in [-0.2, -0.15) is 0 Å². The minimum absolute atomic E-state index is 0.143. The van der Waals surface area contributed by atoms with E-state index in [1.807, 2.05) is 12.5 Å². The van der Waals surface area contributed by atoms with Crippen molar-refractivity contribution < 1.29 is 5.11 Å². The molecule has 0 unspecified atom stereocenters. The lowest BCUT2D eigenvalue weighted by Crippen LogP contribution is -2.30. The van der Waals surface area contributed by atoms with Gasteiger partial charge in [0.2, 0.25) is 0 Å². The summed E-state index contributed by atoms with van der Waals surface area (Å²) in [4.78, 5) is 4.18. The number of aromatic nitrogens is 2. The summed E-state index contributed by atoms with van der Waals surface area (Å²) in [6.45, 7) is 9.53. The molecule has 0 radical (unpaired) electrons. The van der Waals surface area contributed by atoms with Crippen LogP contribution < -0.4 is 5.32 Å². The molecule has 0 aliphatic heterocycles. The van der Waals surface area contributed by atoms with Gasteiger partial charge in [0.1, 0.15) is 0 Å². The van der Waals surface area contributed by atoms with Crippen molar-refractivity contribution >= 4 is 0 Å². The summed E-state index contributed by atoms with van der Waals surface area (Å²) in [6, 6.07) is 0. The predicted molar refractivity (Wildman–Crippen MR) is 69.7 cm³/mol. The lowest BCUT2D eigenvalue weighted by molar-refractivity contribution is 0.206. The van der Waals surface area contributed by atoms with Gasteiger partial charge in [-0.1, -0.05) is 20.8 Å². The minimum Gasteiger partial charge on any atom is -0.396 e.